The van der Waals surface area contributed by atoms with Crippen molar-refractivity contribution in [2.75, 3.05) is 0 Å². The van der Waals surface area contributed by atoms with E-state index in [4.69, 9.17) is 0 Å². The van der Waals surface area contributed by atoms with Crippen LogP contribution < -0.4 is 0 Å². The summed E-state index contributed by atoms with van der Waals surface area (Å²) in [6.07, 6.45) is 3.25. The Bertz CT molecular complexity index is 998. The molecule has 0 aromatic heterocycles. The second-order valence-corrected chi connectivity index (χ2v) is 9.84. The zero-order valence-corrected chi connectivity index (χ0v) is 21.6. The van der Waals surface area contributed by atoms with Gasteiger partial charge in [-0.05, 0) is 93.7 Å². The molecule has 0 unspecified atom stereocenters. The summed E-state index contributed by atoms with van der Waals surface area (Å²) in [5, 5.41) is 20.2. The van der Waals surface area contributed by atoms with Gasteiger partial charge in [-0.3, -0.25) is 9.98 Å². The van der Waals surface area contributed by atoms with E-state index in [2.05, 4.69) is 87.0 Å². The van der Waals surface area contributed by atoms with Crippen molar-refractivity contribution in [1.29, 1.82) is 0 Å². The lowest BCUT2D eigenvalue weighted by atomic mass is 10.2. The molecule has 0 atom stereocenters. The van der Waals surface area contributed by atoms with E-state index in [1.165, 1.54) is 0 Å². The molecular formula is C20H12Br2I2N2O2. The van der Waals surface area contributed by atoms with Gasteiger partial charge in [-0.15, -0.1) is 0 Å². The summed E-state index contributed by atoms with van der Waals surface area (Å²) in [7, 11) is 0. The molecule has 3 aromatic carbocycles. The average Bonchev–Trinajstić information content (AvgIpc) is 2.66. The maximum absolute atomic E-state index is 10.1. The molecule has 3 rings (SSSR count). The van der Waals surface area contributed by atoms with E-state index in [9.17, 15) is 10.2 Å². The highest BCUT2D eigenvalue weighted by Crippen LogP contribution is 2.29. The number of phenolic OH excluding ortho intramolecular Hbond substituents is 2. The number of phenols is 2. The Morgan fingerprint density at radius 3 is 1.39 bits per heavy atom. The number of nitrogens with zero attached hydrogens (tertiary/aromatic N) is 2. The second kappa shape index (κ2) is 9.68. The van der Waals surface area contributed by atoms with E-state index in [0.29, 0.717) is 11.1 Å². The monoisotopic (exact) mass is 724 g/mol. The summed E-state index contributed by atoms with van der Waals surface area (Å²) in [6, 6.07) is 14.7. The number of hydrogen-bond donors (Lipinski definition) is 2. The Kier molecular flexibility index (Phi) is 7.51. The molecule has 0 saturated heterocycles. The third-order valence-electron chi connectivity index (χ3n) is 3.67. The summed E-state index contributed by atoms with van der Waals surface area (Å²) in [5.41, 5.74) is 2.77. The molecule has 0 amide bonds. The number of halogens is 4. The van der Waals surface area contributed by atoms with Crippen molar-refractivity contribution in [2.24, 2.45) is 9.98 Å². The molecule has 0 fully saturated rings. The van der Waals surface area contributed by atoms with Crippen LogP contribution in [0.15, 0.2) is 67.5 Å². The Labute approximate surface area is 206 Å². The quantitative estimate of drug-likeness (QED) is 0.219. The van der Waals surface area contributed by atoms with Gasteiger partial charge in [0, 0.05) is 32.5 Å². The van der Waals surface area contributed by atoms with E-state index >= 15 is 0 Å². The van der Waals surface area contributed by atoms with Crippen molar-refractivity contribution in [3.05, 3.63) is 75.7 Å². The molecule has 0 aliphatic heterocycles. The van der Waals surface area contributed by atoms with Crippen LogP contribution in [-0.2, 0) is 0 Å². The number of aliphatic imine (C=N–C) groups is 2. The fourth-order valence-electron chi connectivity index (χ4n) is 2.28. The Hall–Kier alpha value is -0.980. The van der Waals surface area contributed by atoms with Crippen LogP contribution in [0.4, 0.5) is 11.4 Å². The minimum atomic E-state index is 0.206. The first-order chi connectivity index (χ1) is 13.3. The second-order valence-electron chi connectivity index (χ2n) is 5.68. The van der Waals surface area contributed by atoms with Crippen LogP contribution in [0.3, 0.4) is 0 Å². The summed E-state index contributed by atoms with van der Waals surface area (Å²) in [6.45, 7) is 0. The highest BCUT2D eigenvalue weighted by Gasteiger charge is 2.06. The summed E-state index contributed by atoms with van der Waals surface area (Å²) < 4.78 is 3.27. The van der Waals surface area contributed by atoms with Gasteiger partial charge < -0.3 is 10.2 Å². The highest BCUT2D eigenvalue weighted by molar-refractivity contribution is 14.1. The lowest BCUT2D eigenvalue weighted by Gasteiger charge is -2.03. The maximum Gasteiger partial charge on any atom is 0.137 e. The molecule has 0 heterocycles. The zero-order chi connectivity index (χ0) is 20.3. The van der Waals surface area contributed by atoms with E-state index in [0.717, 1.165) is 27.5 Å². The lowest BCUT2D eigenvalue weighted by molar-refractivity contribution is 0.470. The van der Waals surface area contributed by atoms with Crippen molar-refractivity contribution in [1.82, 2.24) is 0 Å². The summed E-state index contributed by atoms with van der Waals surface area (Å²) in [4.78, 5) is 8.82. The SMILES string of the molecule is Oc1c(I)cc(Br)cc1C=Nc1ccc(N=Cc2cc(Br)cc(I)c2O)cc1. The van der Waals surface area contributed by atoms with E-state index in [1.54, 1.807) is 12.4 Å². The van der Waals surface area contributed by atoms with Crippen molar-refractivity contribution < 1.29 is 10.2 Å². The Morgan fingerprint density at radius 2 is 1.04 bits per heavy atom. The van der Waals surface area contributed by atoms with Crippen LogP contribution in [0.2, 0.25) is 0 Å². The van der Waals surface area contributed by atoms with Gasteiger partial charge in [-0.25, -0.2) is 0 Å². The molecule has 0 saturated carbocycles. The first-order valence-electron chi connectivity index (χ1n) is 7.87. The first kappa shape index (κ1) is 21.7. The van der Waals surface area contributed by atoms with Crippen molar-refractivity contribution in [2.45, 2.75) is 0 Å². The van der Waals surface area contributed by atoms with E-state index < -0.39 is 0 Å². The molecular weight excluding hydrogens is 714 g/mol. The fourth-order valence-corrected chi connectivity index (χ4v) is 5.38. The third kappa shape index (κ3) is 5.55. The lowest BCUT2D eigenvalue weighted by Crippen LogP contribution is -1.86. The zero-order valence-electron chi connectivity index (χ0n) is 14.1. The molecule has 0 bridgehead atoms. The predicted octanol–water partition coefficient (Wildman–Crippen LogP) is 7.33. The van der Waals surface area contributed by atoms with E-state index in [1.807, 2.05) is 48.5 Å². The molecule has 0 aliphatic rings. The van der Waals surface area contributed by atoms with Crippen LogP contribution in [0.1, 0.15) is 11.1 Å². The average molecular weight is 726 g/mol. The van der Waals surface area contributed by atoms with Crippen molar-refractivity contribution >= 4 is 101 Å². The molecule has 3 aromatic rings. The van der Waals surface area contributed by atoms with Gasteiger partial charge in [0.15, 0.2) is 0 Å². The largest absolute Gasteiger partial charge is 0.506 e. The predicted molar refractivity (Wildman–Crippen MR) is 138 cm³/mol. The van der Waals surface area contributed by atoms with Crippen LogP contribution in [0.5, 0.6) is 11.5 Å². The molecule has 28 heavy (non-hydrogen) atoms. The van der Waals surface area contributed by atoms with Crippen LogP contribution in [0.25, 0.3) is 0 Å². The third-order valence-corrected chi connectivity index (χ3v) is 6.23. The number of benzene rings is 3. The van der Waals surface area contributed by atoms with Gasteiger partial charge in [0.25, 0.3) is 0 Å². The van der Waals surface area contributed by atoms with Crippen LogP contribution in [0, 0.1) is 7.14 Å². The first-order valence-corrected chi connectivity index (χ1v) is 11.6. The van der Waals surface area contributed by atoms with Gasteiger partial charge in [0.2, 0.25) is 0 Å². The minimum absolute atomic E-state index is 0.206. The summed E-state index contributed by atoms with van der Waals surface area (Å²) >= 11 is 11.0. The van der Waals surface area contributed by atoms with Crippen molar-refractivity contribution in [3.8, 4) is 11.5 Å². The highest BCUT2D eigenvalue weighted by atomic mass is 127. The van der Waals surface area contributed by atoms with Gasteiger partial charge in [-0.1, -0.05) is 31.9 Å². The maximum atomic E-state index is 10.1. The van der Waals surface area contributed by atoms with Gasteiger partial charge in [-0.2, -0.15) is 0 Å². The Morgan fingerprint density at radius 1 is 0.679 bits per heavy atom. The molecule has 8 heteroatoms. The van der Waals surface area contributed by atoms with Crippen molar-refractivity contribution in [3.63, 3.8) is 0 Å². The standard InChI is InChI=1S/C20H12Br2I2N2O2/c21-13-5-11(19(27)17(23)7-13)9-25-15-1-2-16(4-3-15)26-10-12-6-14(22)8-18(24)20(12)28/h1-10,27-28H. The molecule has 4 nitrogen and oxygen atoms in total. The van der Waals surface area contributed by atoms with Gasteiger partial charge in [0.05, 0.1) is 18.5 Å². The molecule has 0 radical (unpaired) electrons. The topological polar surface area (TPSA) is 65.2 Å². The number of hydrogen-bond acceptors (Lipinski definition) is 4. The molecule has 142 valence electrons. The number of aromatic hydroxyl groups is 2. The Balaban J connectivity index is 1.77. The molecule has 2 N–H and O–H groups in total. The van der Waals surface area contributed by atoms with E-state index in [-0.39, 0.29) is 11.5 Å². The minimum Gasteiger partial charge on any atom is -0.506 e. The number of rotatable bonds is 4. The van der Waals surface area contributed by atoms with Crippen LogP contribution >= 0.6 is 77.0 Å². The molecule has 0 aliphatic carbocycles. The van der Waals surface area contributed by atoms with Gasteiger partial charge >= 0.3 is 0 Å². The fraction of sp³-hybridized carbons (Fsp3) is 0. The molecule has 0 spiro atoms. The normalized spacial score (nSPS) is 11.6. The summed E-state index contributed by atoms with van der Waals surface area (Å²) in [5.74, 6) is 0.412. The van der Waals surface area contributed by atoms with Gasteiger partial charge in [0.1, 0.15) is 11.5 Å². The van der Waals surface area contributed by atoms with Crippen LogP contribution in [-0.4, -0.2) is 22.6 Å². The smallest absolute Gasteiger partial charge is 0.137 e.